The molecule has 0 aromatic rings. The van der Waals surface area contributed by atoms with Gasteiger partial charge in [0.2, 0.25) is 0 Å². The lowest BCUT2D eigenvalue weighted by molar-refractivity contribution is -0.136. The first-order chi connectivity index (χ1) is 8.49. The highest BCUT2D eigenvalue weighted by Crippen LogP contribution is 2.32. The molecule has 0 unspecified atom stereocenters. The minimum absolute atomic E-state index is 0.0813. The number of hydrogen-bond acceptors (Lipinski definition) is 4. The molecule has 0 bridgehead atoms. The number of aliphatic hydroxyl groups is 2. The van der Waals surface area contributed by atoms with E-state index >= 15 is 0 Å². The molecule has 4 heteroatoms. The Hall–Kier alpha value is -0.740. The quantitative estimate of drug-likeness (QED) is 0.462. The van der Waals surface area contributed by atoms with Crippen LogP contribution in [0.4, 0.5) is 0 Å². The Morgan fingerprint density at radius 3 is 1.83 bits per heavy atom. The Labute approximate surface area is 109 Å². The number of aliphatic hydroxyl groups excluding tert-OH is 2. The Balaban J connectivity index is 4.71. The Morgan fingerprint density at radius 2 is 1.56 bits per heavy atom. The third-order valence-electron chi connectivity index (χ3n) is 4.35. The van der Waals surface area contributed by atoms with Gasteiger partial charge in [-0.05, 0) is 25.7 Å². The molecule has 0 aliphatic rings. The van der Waals surface area contributed by atoms with E-state index in [0.29, 0.717) is 25.7 Å². The van der Waals surface area contributed by atoms with Crippen LogP contribution in [0.15, 0.2) is 0 Å². The van der Waals surface area contributed by atoms with Gasteiger partial charge in [-0.2, -0.15) is 0 Å². The van der Waals surface area contributed by atoms with Gasteiger partial charge in [-0.3, -0.25) is 4.79 Å². The van der Waals surface area contributed by atoms with Gasteiger partial charge in [0.1, 0.15) is 12.1 Å². The summed E-state index contributed by atoms with van der Waals surface area (Å²) in [6, 6.07) is 0. The van der Waals surface area contributed by atoms with Crippen molar-refractivity contribution in [1.29, 1.82) is 0 Å². The van der Waals surface area contributed by atoms with Crippen LogP contribution in [0, 0.1) is 10.8 Å². The molecule has 0 aromatic carbocycles. The van der Waals surface area contributed by atoms with Crippen LogP contribution in [0.1, 0.15) is 52.9 Å². The van der Waals surface area contributed by atoms with Crippen molar-refractivity contribution < 1.29 is 19.8 Å². The van der Waals surface area contributed by atoms with Crippen LogP contribution < -0.4 is 0 Å². The largest absolute Gasteiger partial charge is 0.396 e. The first-order valence-electron chi connectivity index (χ1n) is 6.71. The highest BCUT2D eigenvalue weighted by Gasteiger charge is 2.36. The van der Waals surface area contributed by atoms with Crippen LogP contribution in [-0.4, -0.2) is 35.5 Å². The molecule has 0 saturated carbocycles. The van der Waals surface area contributed by atoms with E-state index < -0.39 is 10.8 Å². The zero-order valence-corrected chi connectivity index (χ0v) is 11.7. The van der Waals surface area contributed by atoms with Crippen LogP contribution in [0.3, 0.4) is 0 Å². The summed E-state index contributed by atoms with van der Waals surface area (Å²) in [5, 5.41) is 18.6. The molecule has 0 aromatic heterocycles. The molecule has 0 fully saturated rings. The number of aldehydes is 1. The highest BCUT2D eigenvalue weighted by molar-refractivity contribution is 5.98. The second-order valence-electron chi connectivity index (χ2n) is 5.07. The van der Waals surface area contributed by atoms with Crippen molar-refractivity contribution in [3.8, 4) is 0 Å². The van der Waals surface area contributed by atoms with Crippen molar-refractivity contribution in [3.63, 3.8) is 0 Å². The highest BCUT2D eigenvalue weighted by atomic mass is 16.3. The van der Waals surface area contributed by atoms with Crippen molar-refractivity contribution in [2.45, 2.75) is 52.9 Å². The molecule has 0 aliphatic carbocycles. The van der Waals surface area contributed by atoms with E-state index in [9.17, 15) is 19.8 Å². The molecule has 0 atom stereocenters. The number of ketones is 1. The van der Waals surface area contributed by atoms with Gasteiger partial charge < -0.3 is 15.0 Å². The van der Waals surface area contributed by atoms with Crippen LogP contribution in [0.2, 0.25) is 0 Å². The molecular formula is C14H26O4. The smallest absolute Gasteiger partial charge is 0.146 e. The number of carbonyl (C=O) groups excluding carboxylic acids is 2. The van der Waals surface area contributed by atoms with Crippen LogP contribution in [-0.2, 0) is 9.59 Å². The fourth-order valence-corrected chi connectivity index (χ4v) is 2.11. The first kappa shape index (κ1) is 17.3. The van der Waals surface area contributed by atoms with E-state index in [1.165, 1.54) is 0 Å². The lowest BCUT2D eigenvalue weighted by atomic mass is 9.74. The fraction of sp³-hybridized carbons (Fsp3) is 0.857. The van der Waals surface area contributed by atoms with E-state index in [2.05, 4.69) is 0 Å². The molecule has 2 N–H and O–H groups in total. The SMILES string of the molecule is CCC(CO)(CO)CCC(=O)C(C=O)(CC)CC. The summed E-state index contributed by atoms with van der Waals surface area (Å²) < 4.78 is 0. The summed E-state index contributed by atoms with van der Waals surface area (Å²) in [7, 11) is 0. The van der Waals surface area contributed by atoms with E-state index in [4.69, 9.17) is 0 Å². The van der Waals surface area contributed by atoms with Crippen LogP contribution in [0.5, 0.6) is 0 Å². The topological polar surface area (TPSA) is 74.6 Å². The van der Waals surface area contributed by atoms with Crippen LogP contribution in [0.25, 0.3) is 0 Å². The summed E-state index contributed by atoms with van der Waals surface area (Å²) in [5.41, 5.74) is -1.49. The molecule has 4 nitrogen and oxygen atoms in total. The molecular weight excluding hydrogens is 232 g/mol. The second-order valence-corrected chi connectivity index (χ2v) is 5.07. The summed E-state index contributed by atoms with van der Waals surface area (Å²) >= 11 is 0. The maximum atomic E-state index is 12.2. The number of Topliss-reactive ketones (excluding diaryl/α,β-unsaturated/α-hetero) is 1. The molecule has 18 heavy (non-hydrogen) atoms. The zero-order chi connectivity index (χ0) is 14.2. The molecule has 0 radical (unpaired) electrons. The number of rotatable bonds is 10. The van der Waals surface area contributed by atoms with E-state index in [1.807, 2.05) is 20.8 Å². The molecule has 0 aliphatic heterocycles. The predicted molar refractivity (Wildman–Crippen MR) is 70.2 cm³/mol. The molecule has 0 rings (SSSR count). The van der Waals surface area contributed by atoms with Crippen molar-refractivity contribution in [2.75, 3.05) is 13.2 Å². The van der Waals surface area contributed by atoms with Crippen LogP contribution >= 0.6 is 0 Å². The average Bonchev–Trinajstić information content (AvgIpc) is 2.43. The van der Waals surface area contributed by atoms with Crippen molar-refractivity contribution in [3.05, 3.63) is 0 Å². The van der Waals surface area contributed by atoms with Crippen molar-refractivity contribution in [2.24, 2.45) is 10.8 Å². The lowest BCUT2D eigenvalue weighted by Gasteiger charge is -2.30. The van der Waals surface area contributed by atoms with Crippen molar-refractivity contribution >= 4 is 12.1 Å². The van der Waals surface area contributed by atoms with Gasteiger partial charge in [-0.15, -0.1) is 0 Å². The number of hydrogen-bond donors (Lipinski definition) is 2. The first-order valence-corrected chi connectivity index (χ1v) is 6.71. The predicted octanol–water partition coefficient (Wildman–Crippen LogP) is 1.72. The Bertz CT molecular complexity index is 257. The second kappa shape index (κ2) is 7.64. The van der Waals surface area contributed by atoms with E-state index in [0.717, 1.165) is 6.29 Å². The molecule has 0 amide bonds. The maximum absolute atomic E-state index is 12.2. The Morgan fingerprint density at radius 1 is 1.06 bits per heavy atom. The van der Waals surface area contributed by atoms with E-state index in [1.54, 1.807) is 0 Å². The molecule has 0 spiro atoms. The minimum Gasteiger partial charge on any atom is -0.396 e. The molecule has 106 valence electrons. The summed E-state index contributed by atoms with van der Waals surface area (Å²) in [6.45, 7) is 5.27. The van der Waals surface area contributed by atoms with Gasteiger partial charge in [0.15, 0.2) is 0 Å². The average molecular weight is 258 g/mol. The minimum atomic E-state index is -0.885. The summed E-state index contributed by atoms with van der Waals surface area (Å²) in [4.78, 5) is 23.3. The van der Waals surface area contributed by atoms with Gasteiger partial charge in [0.05, 0.1) is 18.6 Å². The summed E-state index contributed by atoms with van der Waals surface area (Å²) in [6.07, 6.45) is 3.02. The third kappa shape index (κ3) is 3.62. The third-order valence-corrected chi connectivity index (χ3v) is 4.35. The van der Waals surface area contributed by atoms with Gasteiger partial charge in [0.25, 0.3) is 0 Å². The number of carbonyl (C=O) groups is 2. The van der Waals surface area contributed by atoms with E-state index in [-0.39, 0.29) is 25.4 Å². The summed E-state index contributed by atoms with van der Waals surface area (Å²) in [5.74, 6) is -0.0813. The monoisotopic (exact) mass is 258 g/mol. The van der Waals surface area contributed by atoms with Gasteiger partial charge in [0, 0.05) is 11.8 Å². The fourth-order valence-electron chi connectivity index (χ4n) is 2.11. The lowest BCUT2D eigenvalue weighted by Crippen LogP contribution is -2.35. The maximum Gasteiger partial charge on any atom is 0.146 e. The Kier molecular flexibility index (Phi) is 7.33. The van der Waals surface area contributed by atoms with Gasteiger partial charge in [-0.1, -0.05) is 20.8 Å². The van der Waals surface area contributed by atoms with Gasteiger partial charge in [-0.25, -0.2) is 0 Å². The van der Waals surface area contributed by atoms with Crippen molar-refractivity contribution in [1.82, 2.24) is 0 Å². The molecule has 0 saturated heterocycles. The standard InChI is InChI=1S/C14H26O4/c1-4-13(9-15,10-16)8-7-12(18)14(5-2,6-3)11-17/h11,15-16H,4-10H2,1-3H3. The molecule has 0 heterocycles. The van der Waals surface area contributed by atoms with Gasteiger partial charge >= 0.3 is 0 Å². The zero-order valence-electron chi connectivity index (χ0n) is 11.7. The normalized spacial score (nSPS) is 12.5.